The Balaban J connectivity index is 1.95. The summed E-state index contributed by atoms with van der Waals surface area (Å²) in [6.45, 7) is 0. The SMILES string of the molecule is Oc1ccccc1/C=N/n1c(C2CC2)n[nH]c1=S. The van der Waals surface area contributed by atoms with Crippen LogP contribution in [-0.4, -0.2) is 26.2 Å². The van der Waals surface area contributed by atoms with E-state index in [0.29, 0.717) is 16.3 Å². The summed E-state index contributed by atoms with van der Waals surface area (Å²) in [7, 11) is 0. The van der Waals surface area contributed by atoms with Crippen molar-refractivity contribution >= 4 is 18.4 Å². The number of benzene rings is 1. The molecule has 0 spiro atoms. The molecular weight excluding hydrogens is 248 g/mol. The first-order valence-corrected chi connectivity index (χ1v) is 6.16. The van der Waals surface area contributed by atoms with Crippen molar-refractivity contribution in [2.75, 3.05) is 0 Å². The van der Waals surface area contributed by atoms with Crippen LogP contribution >= 0.6 is 12.2 Å². The molecular formula is C12H12N4OS. The van der Waals surface area contributed by atoms with Gasteiger partial charge in [-0.05, 0) is 37.2 Å². The van der Waals surface area contributed by atoms with Gasteiger partial charge in [0.15, 0.2) is 5.82 Å². The fourth-order valence-electron chi connectivity index (χ4n) is 1.74. The minimum absolute atomic E-state index is 0.198. The van der Waals surface area contributed by atoms with E-state index in [1.165, 1.54) is 0 Å². The van der Waals surface area contributed by atoms with E-state index in [-0.39, 0.29) is 5.75 Å². The summed E-state index contributed by atoms with van der Waals surface area (Å²) in [6.07, 6.45) is 3.85. The molecule has 2 aromatic rings. The molecule has 18 heavy (non-hydrogen) atoms. The van der Waals surface area contributed by atoms with Crippen molar-refractivity contribution in [3.8, 4) is 5.75 Å². The van der Waals surface area contributed by atoms with Crippen LogP contribution in [0.15, 0.2) is 29.4 Å². The number of phenolic OH excluding ortho intramolecular Hbond substituents is 1. The maximum Gasteiger partial charge on any atom is 0.216 e. The number of hydrogen-bond donors (Lipinski definition) is 2. The Labute approximate surface area is 109 Å². The van der Waals surface area contributed by atoms with Gasteiger partial charge >= 0.3 is 0 Å². The lowest BCUT2D eigenvalue weighted by molar-refractivity contribution is 0.474. The second-order valence-corrected chi connectivity index (χ2v) is 4.66. The summed E-state index contributed by atoms with van der Waals surface area (Å²) in [5.74, 6) is 1.52. The predicted octanol–water partition coefficient (Wildman–Crippen LogP) is 2.41. The average molecular weight is 260 g/mol. The molecule has 0 amide bonds. The minimum Gasteiger partial charge on any atom is -0.507 e. The molecule has 1 heterocycles. The number of nitrogens with zero attached hydrogens (tertiary/aromatic N) is 3. The lowest BCUT2D eigenvalue weighted by Gasteiger charge is -1.99. The maximum atomic E-state index is 9.65. The molecule has 0 saturated heterocycles. The molecule has 2 N–H and O–H groups in total. The summed E-state index contributed by atoms with van der Waals surface area (Å²) < 4.78 is 2.10. The molecule has 1 fully saturated rings. The van der Waals surface area contributed by atoms with E-state index in [9.17, 15) is 5.11 Å². The van der Waals surface area contributed by atoms with Crippen molar-refractivity contribution < 1.29 is 5.11 Å². The van der Waals surface area contributed by atoms with Crippen molar-refractivity contribution in [2.24, 2.45) is 5.10 Å². The van der Waals surface area contributed by atoms with Gasteiger partial charge in [0.05, 0.1) is 6.21 Å². The summed E-state index contributed by atoms with van der Waals surface area (Å²) in [6, 6.07) is 7.03. The molecule has 1 aliphatic rings. The average Bonchev–Trinajstić information content (AvgIpc) is 3.14. The van der Waals surface area contributed by atoms with E-state index in [1.54, 1.807) is 29.1 Å². The van der Waals surface area contributed by atoms with Gasteiger partial charge in [0.25, 0.3) is 0 Å². The van der Waals surface area contributed by atoms with Crippen LogP contribution in [0.25, 0.3) is 0 Å². The van der Waals surface area contributed by atoms with Crippen LogP contribution in [0, 0.1) is 4.77 Å². The van der Waals surface area contributed by atoms with Crippen molar-refractivity contribution in [1.29, 1.82) is 0 Å². The van der Waals surface area contributed by atoms with Gasteiger partial charge in [-0.15, -0.1) is 0 Å². The van der Waals surface area contributed by atoms with Gasteiger partial charge in [0, 0.05) is 11.5 Å². The Bertz CT molecular complexity index is 654. The number of rotatable bonds is 3. The number of aromatic nitrogens is 3. The summed E-state index contributed by atoms with van der Waals surface area (Å²) >= 11 is 5.14. The van der Waals surface area contributed by atoms with Crippen molar-refractivity contribution in [2.45, 2.75) is 18.8 Å². The van der Waals surface area contributed by atoms with Gasteiger partial charge in [-0.1, -0.05) is 12.1 Å². The van der Waals surface area contributed by atoms with E-state index in [2.05, 4.69) is 15.3 Å². The van der Waals surface area contributed by atoms with Gasteiger partial charge in [-0.3, -0.25) is 5.10 Å². The quantitative estimate of drug-likeness (QED) is 0.658. The molecule has 1 aliphatic carbocycles. The summed E-state index contributed by atoms with van der Waals surface area (Å²) in [5, 5.41) is 20.9. The molecule has 0 atom stereocenters. The number of aromatic amines is 1. The van der Waals surface area contributed by atoms with E-state index in [1.807, 2.05) is 6.07 Å². The molecule has 0 unspecified atom stereocenters. The first-order valence-electron chi connectivity index (χ1n) is 5.75. The number of aromatic hydroxyl groups is 1. The first-order chi connectivity index (χ1) is 8.75. The second kappa shape index (κ2) is 4.38. The van der Waals surface area contributed by atoms with Gasteiger partial charge in [0.2, 0.25) is 4.77 Å². The molecule has 1 aromatic heterocycles. The zero-order chi connectivity index (χ0) is 12.5. The molecule has 92 valence electrons. The fraction of sp³-hybridized carbons (Fsp3) is 0.250. The maximum absolute atomic E-state index is 9.65. The number of phenols is 1. The van der Waals surface area contributed by atoms with Crippen LogP contribution < -0.4 is 0 Å². The van der Waals surface area contributed by atoms with Crippen LogP contribution in [0.2, 0.25) is 0 Å². The van der Waals surface area contributed by atoms with Crippen LogP contribution in [0.1, 0.15) is 30.1 Å². The lowest BCUT2D eigenvalue weighted by atomic mass is 10.2. The third-order valence-corrected chi connectivity index (χ3v) is 3.13. The largest absolute Gasteiger partial charge is 0.507 e. The van der Waals surface area contributed by atoms with E-state index >= 15 is 0 Å². The smallest absolute Gasteiger partial charge is 0.216 e. The zero-order valence-electron chi connectivity index (χ0n) is 9.58. The van der Waals surface area contributed by atoms with Gasteiger partial charge in [0.1, 0.15) is 5.75 Å². The van der Waals surface area contributed by atoms with Crippen LogP contribution in [-0.2, 0) is 0 Å². The molecule has 5 nitrogen and oxygen atoms in total. The molecule has 0 radical (unpaired) electrons. The normalized spacial score (nSPS) is 15.3. The van der Waals surface area contributed by atoms with Gasteiger partial charge in [-0.2, -0.15) is 14.9 Å². The zero-order valence-corrected chi connectivity index (χ0v) is 10.4. The number of nitrogens with one attached hydrogen (secondary N) is 1. The lowest BCUT2D eigenvalue weighted by Crippen LogP contribution is -1.97. The van der Waals surface area contributed by atoms with Crippen LogP contribution in [0.5, 0.6) is 5.75 Å². The number of H-pyrrole nitrogens is 1. The third kappa shape index (κ3) is 2.06. The van der Waals surface area contributed by atoms with E-state index in [4.69, 9.17) is 12.2 Å². The Kier molecular flexibility index (Phi) is 2.71. The molecule has 3 rings (SSSR count). The monoisotopic (exact) mass is 260 g/mol. The molecule has 6 heteroatoms. The highest BCUT2D eigenvalue weighted by Gasteiger charge is 2.29. The molecule has 0 bridgehead atoms. The molecule has 1 saturated carbocycles. The standard InChI is InChI=1S/C12H12N4OS/c17-10-4-2-1-3-9(10)7-13-16-11(8-5-6-8)14-15-12(16)18/h1-4,7-8,17H,5-6H2,(H,15,18)/b13-7+. The highest BCUT2D eigenvalue weighted by Crippen LogP contribution is 2.38. The van der Waals surface area contributed by atoms with Gasteiger partial charge in [-0.25, -0.2) is 0 Å². The van der Waals surface area contributed by atoms with Crippen LogP contribution in [0.4, 0.5) is 0 Å². The second-order valence-electron chi connectivity index (χ2n) is 4.28. The molecule has 0 aliphatic heterocycles. The van der Waals surface area contributed by atoms with Crippen LogP contribution in [0.3, 0.4) is 0 Å². The van der Waals surface area contributed by atoms with Gasteiger partial charge < -0.3 is 5.11 Å². The highest BCUT2D eigenvalue weighted by atomic mass is 32.1. The van der Waals surface area contributed by atoms with Crippen molar-refractivity contribution in [3.63, 3.8) is 0 Å². The van der Waals surface area contributed by atoms with Crippen molar-refractivity contribution in [3.05, 3.63) is 40.4 Å². The van der Waals surface area contributed by atoms with E-state index < -0.39 is 0 Å². The predicted molar refractivity (Wildman–Crippen MR) is 70.5 cm³/mol. The summed E-state index contributed by atoms with van der Waals surface area (Å²) in [4.78, 5) is 0. The Morgan fingerprint density at radius 3 is 2.94 bits per heavy atom. The van der Waals surface area contributed by atoms with Crippen molar-refractivity contribution in [1.82, 2.24) is 14.9 Å². The summed E-state index contributed by atoms with van der Waals surface area (Å²) in [5.41, 5.74) is 0.655. The third-order valence-electron chi connectivity index (χ3n) is 2.87. The Morgan fingerprint density at radius 1 is 1.44 bits per heavy atom. The first kappa shape index (κ1) is 11.2. The Hall–Kier alpha value is -1.95. The molecule has 1 aromatic carbocycles. The topological polar surface area (TPSA) is 66.2 Å². The number of para-hydroxylation sites is 1. The highest BCUT2D eigenvalue weighted by molar-refractivity contribution is 7.71. The van der Waals surface area contributed by atoms with E-state index in [0.717, 1.165) is 18.7 Å². The minimum atomic E-state index is 0.198. The Morgan fingerprint density at radius 2 is 2.22 bits per heavy atom. The number of hydrogen-bond acceptors (Lipinski definition) is 4. The fourth-order valence-corrected chi connectivity index (χ4v) is 1.92.